The lowest BCUT2D eigenvalue weighted by Crippen LogP contribution is -2.61. The molecule has 5 heteroatoms. The van der Waals surface area contributed by atoms with Crippen LogP contribution >= 0.6 is 0 Å². The quantitative estimate of drug-likeness (QED) is 0.715. The van der Waals surface area contributed by atoms with E-state index in [-0.39, 0.29) is 12.4 Å². The molecule has 0 aromatic rings. The third-order valence-electron chi connectivity index (χ3n) is 2.91. The highest BCUT2D eigenvalue weighted by Gasteiger charge is 2.51. The van der Waals surface area contributed by atoms with Gasteiger partial charge in [-0.15, -0.1) is 0 Å². The molecule has 1 rings (SSSR count). The van der Waals surface area contributed by atoms with Gasteiger partial charge in [-0.05, 0) is 20.8 Å². The fourth-order valence-electron chi connectivity index (χ4n) is 2.34. The van der Waals surface area contributed by atoms with Crippen LogP contribution in [0.5, 0.6) is 0 Å². The van der Waals surface area contributed by atoms with E-state index < -0.39 is 23.6 Å². The topological polar surface area (TPSA) is 65.0 Å². The molecule has 0 spiro atoms. The monoisotopic (exact) mass is 232 g/mol. The summed E-state index contributed by atoms with van der Waals surface area (Å²) in [5.74, 6) is -1.65. The summed E-state index contributed by atoms with van der Waals surface area (Å²) >= 11 is 0. The van der Waals surface area contributed by atoms with Crippen molar-refractivity contribution in [2.45, 2.75) is 57.7 Å². The third-order valence-corrected chi connectivity index (χ3v) is 2.91. The second kappa shape index (κ2) is 4.31. The van der Waals surface area contributed by atoms with E-state index in [1.54, 1.807) is 20.8 Å². The number of aliphatic hydroxyl groups is 1. The Kier molecular flexibility index (Phi) is 3.62. The van der Waals surface area contributed by atoms with E-state index in [0.29, 0.717) is 0 Å². The molecule has 1 aliphatic rings. The van der Waals surface area contributed by atoms with Crippen LogP contribution in [0.2, 0.25) is 0 Å². The summed E-state index contributed by atoms with van der Waals surface area (Å²) in [4.78, 5) is 11.0. The highest BCUT2D eigenvalue weighted by molar-refractivity contribution is 5.66. The van der Waals surface area contributed by atoms with Crippen molar-refractivity contribution in [3.05, 3.63) is 0 Å². The normalized spacial score (nSPS) is 44.1. The number of esters is 1. The summed E-state index contributed by atoms with van der Waals surface area (Å²) < 4.78 is 16.0. The number of ether oxygens (including phenoxy) is 3. The average Bonchev–Trinajstić information content (AvgIpc) is 2.10. The molecule has 0 aromatic heterocycles. The molecule has 0 aliphatic carbocycles. The van der Waals surface area contributed by atoms with Crippen LogP contribution in [0, 0.1) is 0 Å². The maximum Gasteiger partial charge on any atom is 0.303 e. The zero-order valence-corrected chi connectivity index (χ0v) is 10.4. The average molecular weight is 232 g/mol. The Hall–Kier alpha value is -0.650. The summed E-state index contributed by atoms with van der Waals surface area (Å²) in [7, 11) is 1.53. The molecular weight excluding hydrogens is 212 g/mol. The van der Waals surface area contributed by atoms with E-state index in [4.69, 9.17) is 14.2 Å². The highest BCUT2D eigenvalue weighted by Crippen LogP contribution is 2.38. The van der Waals surface area contributed by atoms with Crippen LogP contribution in [0.25, 0.3) is 0 Å². The third kappa shape index (κ3) is 2.72. The fourth-order valence-corrected chi connectivity index (χ4v) is 2.34. The Labute approximate surface area is 95.7 Å². The van der Waals surface area contributed by atoms with Gasteiger partial charge in [-0.3, -0.25) is 4.79 Å². The van der Waals surface area contributed by atoms with Crippen molar-refractivity contribution in [1.29, 1.82) is 0 Å². The van der Waals surface area contributed by atoms with Crippen molar-refractivity contribution >= 4 is 5.97 Å². The van der Waals surface area contributed by atoms with E-state index in [1.165, 1.54) is 14.0 Å². The minimum Gasteiger partial charge on any atom is -0.457 e. The molecule has 5 nitrogen and oxygen atoms in total. The predicted octanol–water partition coefficient (Wildman–Crippen LogP) is 0.840. The Bertz CT molecular complexity index is 276. The molecule has 1 N–H and O–H groups in total. The first-order chi connectivity index (χ1) is 7.20. The predicted molar refractivity (Wildman–Crippen MR) is 56.8 cm³/mol. The van der Waals surface area contributed by atoms with Crippen LogP contribution in [0.1, 0.15) is 34.1 Å². The smallest absolute Gasteiger partial charge is 0.303 e. The summed E-state index contributed by atoms with van der Waals surface area (Å²) in [5.41, 5.74) is -0.743. The van der Waals surface area contributed by atoms with Gasteiger partial charge in [-0.2, -0.15) is 0 Å². The number of carbonyl (C=O) groups excluding carboxylic acids is 1. The van der Waals surface area contributed by atoms with Crippen LogP contribution < -0.4 is 0 Å². The highest BCUT2D eigenvalue weighted by atomic mass is 16.7. The molecule has 0 aromatic carbocycles. The van der Waals surface area contributed by atoms with E-state index in [9.17, 15) is 9.90 Å². The van der Waals surface area contributed by atoms with Gasteiger partial charge in [0.25, 0.3) is 0 Å². The van der Waals surface area contributed by atoms with Crippen molar-refractivity contribution in [1.82, 2.24) is 0 Å². The SMILES string of the molecule is CO[C@]1(C)C[C@](C)(O)O[C@@H](C)[C@@H]1OC(C)=O. The summed E-state index contributed by atoms with van der Waals surface area (Å²) in [6, 6.07) is 0. The maximum absolute atomic E-state index is 11.0. The Morgan fingerprint density at radius 1 is 1.50 bits per heavy atom. The Morgan fingerprint density at radius 2 is 2.06 bits per heavy atom. The minimum absolute atomic E-state index is 0.249. The van der Waals surface area contributed by atoms with Gasteiger partial charge < -0.3 is 19.3 Å². The number of hydrogen-bond donors (Lipinski definition) is 1. The van der Waals surface area contributed by atoms with Gasteiger partial charge in [0.2, 0.25) is 0 Å². The second-order valence-corrected chi connectivity index (χ2v) is 4.72. The molecule has 0 bridgehead atoms. The zero-order chi connectivity index (χ0) is 12.6. The first kappa shape index (κ1) is 13.4. The first-order valence-electron chi connectivity index (χ1n) is 5.33. The van der Waals surface area contributed by atoms with Crippen molar-refractivity contribution in [2.75, 3.05) is 7.11 Å². The van der Waals surface area contributed by atoms with Crippen molar-refractivity contribution in [3.63, 3.8) is 0 Å². The van der Waals surface area contributed by atoms with Gasteiger partial charge in [-0.1, -0.05) is 0 Å². The lowest BCUT2D eigenvalue weighted by molar-refractivity contribution is -0.315. The molecule has 1 fully saturated rings. The van der Waals surface area contributed by atoms with Gasteiger partial charge in [-0.25, -0.2) is 0 Å². The molecular formula is C11H20O5. The molecule has 0 radical (unpaired) electrons. The molecule has 1 saturated heterocycles. The van der Waals surface area contributed by atoms with Gasteiger partial charge in [0.15, 0.2) is 11.9 Å². The lowest BCUT2D eigenvalue weighted by atomic mass is 9.84. The van der Waals surface area contributed by atoms with Crippen LogP contribution in [0.3, 0.4) is 0 Å². The standard InChI is InChI=1S/C11H20O5/c1-7-9(15-8(2)12)10(3,14-5)6-11(4,13)16-7/h7,9,13H,6H2,1-5H3/t7-,9-,10+,11+/m0/s1. The molecule has 0 saturated carbocycles. The van der Waals surface area contributed by atoms with Crippen molar-refractivity contribution in [3.8, 4) is 0 Å². The minimum atomic E-state index is -1.26. The molecule has 0 amide bonds. The fraction of sp³-hybridized carbons (Fsp3) is 0.909. The summed E-state index contributed by atoms with van der Waals surface area (Å²) in [6.07, 6.45) is -0.688. The first-order valence-corrected chi connectivity index (χ1v) is 5.33. The summed E-state index contributed by atoms with van der Waals surface area (Å²) in [5, 5.41) is 9.92. The van der Waals surface area contributed by atoms with E-state index in [0.717, 1.165) is 0 Å². The van der Waals surface area contributed by atoms with Crippen LogP contribution in [0.15, 0.2) is 0 Å². The van der Waals surface area contributed by atoms with E-state index in [1.807, 2.05) is 0 Å². The van der Waals surface area contributed by atoms with E-state index >= 15 is 0 Å². The Balaban J connectivity index is 2.92. The van der Waals surface area contributed by atoms with Crippen LogP contribution in [-0.2, 0) is 19.0 Å². The van der Waals surface area contributed by atoms with Crippen molar-refractivity contribution in [2.24, 2.45) is 0 Å². The molecule has 1 aliphatic heterocycles. The molecule has 16 heavy (non-hydrogen) atoms. The number of rotatable bonds is 2. The van der Waals surface area contributed by atoms with Gasteiger partial charge in [0.05, 0.1) is 6.10 Å². The Morgan fingerprint density at radius 3 is 2.50 bits per heavy atom. The van der Waals surface area contributed by atoms with Gasteiger partial charge in [0.1, 0.15) is 5.60 Å². The largest absolute Gasteiger partial charge is 0.457 e. The number of carbonyl (C=O) groups is 1. The molecule has 0 unspecified atom stereocenters. The van der Waals surface area contributed by atoms with Crippen molar-refractivity contribution < 1.29 is 24.1 Å². The van der Waals surface area contributed by atoms with Gasteiger partial charge in [0, 0.05) is 20.5 Å². The maximum atomic E-state index is 11.0. The van der Waals surface area contributed by atoms with Crippen LogP contribution in [-0.4, -0.2) is 41.8 Å². The lowest BCUT2D eigenvalue weighted by Gasteiger charge is -2.48. The number of methoxy groups -OCH3 is 1. The van der Waals surface area contributed by atoms with Crippen LogP contribution in [0.4, 0.5) is 0 Å². The number of hydrogen-bond acceptors (Lipinski definition) is 5. The zero-order valence-electron chi connectivity index (χ0n) is 10.4. The molecule has 4 atom stereocenters. The second-order valence-electron chi connectivity index (χ2n) is 4.72. The molecule has 94 valence electrons. The summed E-state index contributed by atoms with van der Waals surface area (Å²) in [6.45, 7) is 6.47. The molecule has 1 heterocycles. The van der Waals surface area contributed by atoms with E-state index in [2.05, 4.69) is 0 Å². The van der Waals surface area contributed by atoms with Gasteiger partial charge >= 0.3 is 5.97 Å².